The number of carbonyl (C=O) groups excluding carboxylic acids is 1. The van der Waals surface area contributed by atoms with Gasteiger partial charge in [-0.15, -0.1) is 0 Å². The van der Waals surface area contributed by atoms with E-state index in [1.165, 1.54) is 0 Å². The fourth-order valence-electron chi connectivity index (χ4n) is 5.99. The van der Waals surface area contributed by atoms with Gasteiger partial charge in [0.2, 0.25) is 0 Å². The minimum atomic E-state index is -0.0969. The summed E-state index contributed by atoms with van der Waals surface area (Å²) >= 11 is 0. The fourth-order valence-corrected chi connectivity index (χ4v) is 5.99. The van der Waals surface area contributed by atoms with Gasteiger partial charge in [0, 0.05) is 43.0 Å². The van der Waals surface area contributed by atoms with Crippen molar-refractivity contribution in [3.05, 3.63) is 83.7 Å². The van der Waals surface area contributed by atoms with Crippen molar-refractivity contribution in [3.8, 4) is 17.2 Å². The quantitative estimate of drug-likeness (QED) is 0.358. The Morgan fingerprint density at radius 2 is 1.84 bits per heavy atom. The van der Waals surface area contributed by atoms with Gasteiger partial charge in [0.25, 0.3) is 5.91 Å². The van der Waals surface area contributed by atoms with Crippen molar-refractivity contribution in [2.45, 2.75) is 39.2 Å². The number of piperidine rings is 1. The lowest BCUT2D eigenvalue weighted by Gasteiger charge is -2.35. The average molecular weight is 505 g/mol. The van der Waals surface area contributed by atoms with Gasteiger partial charge in [-0.3, -0.25) is 4.79 Å². The van der Waals surface area contributed by atoms with Crippen LogP contribution in [0.5, 0.6) is 0 Å². The number of likely N-dealkylation sites (tertiary alicyclic amines) is 1. The summed E-state index contributed by atoms with van der Waals surface area (Å²) in [5.74, 6) is 1.30. The van der Waals surface area contributed by atoms with Gasteiger partial charge in [0.15, 0.2) is 5.65 Å². The Morgan fingerprint density at radius 1 is 1.05 bits per heavy atom. The van der Waals surface area contributed by atoms with Gasteiger partial charge < -0.3 is 9.80 Å². The summed E-state index contributed by atoms with van der Waals surface area (Å²) in [5, 5.41) is 14.4. The number of benzene rings is 2. The van der Waals surface area contributed by atoms with Crippen LogP contribution in [0, 0.1) is 30.1 Å². The van der Waals surface area contributed by atoms with E-state index in [9.17, 15) is 10.1 Å². The van der Waals surface area contributed by atoms with Gasteiger partial charge in [-0.05, 0) is 49.3 Å². The zero-order valence-corrected chi connectivity index (χ0v) is 21.9. The lowest BCUT2D eigenvalue weighted by Crippen LogP contribution is -2.39. The van der Waals surface area contributed by atoms with Gasteiger partial charge in [0.1, 0.15) is 5.82 Å². The largest absolute Gasteiger partial charge is 0.355 e. The number of aromatic nitrogens is 3. The third kappa shape index (κ3) is 4.30. The SMILES string of the molecule is Cc1cn2nc([C@@H]3CCCCN3C(=O)c3ccccc3-c3ccccc3)cc2nc1N1C[C@@H](C#N)[C@@H](C)C1. The maximum absolute atomic E-state index is 14.0. The molecule has 4 aromatic rings. The topological polar surface area (TPSA) is 77.5 Å². The van der Waals surface area contributed by atoms with E-state index in [0.29, 0.717) is 19.0 Å². The molecule has 2 aromatic heterocycles. The molecular weight excluding hydrogens is 472 g/mol. The van der Waals surface area contributed by atoms with Crippen LogP contribution in [0.15, 0.2) is 66.9 Å². The van der Waals surface area contributed by atoms with Crippen LogP contribution in [0.25, 0.3) is 16.8 Å². The van der Waals surface area contributed by atoms with E-state index in [2.05, 4.69) is 17.9 Å². The number of carbonyl (C=O) groups is 1. The molecule has 38 heavy (non-hydrogen) atoms. The number of rotatable bonds is 4. The summed E-state index contributed by atoms with van der Waals surface area (Å²) in [6.07, 6.45) is 4.94. The number of hydrogen-bond donors (Lipinski definition) is 0. The molecule has 0 spiro atoms. The second kappa shape index (κ2) is 9.94. The predicted molar refractivity (Wildman–Crippen MR) is 148 cm³/mol. The predicted octanol–water partition coefficient (Wildman–Crippen LogP) is 5.67. The number of amides is 1. The molecule has 192 valence electrons. The lowest BCUT2D eigenvalue weighted by atomic mass is 9.95. The number of hydrogen-bond acceptors (Lipinski definition) is 5. The highest BCUT2D eigenvalue weighted by Gasteiger charge is 2.33. The average Bonchev–Trinajstić information content (AvgIpc) is 3.55. The molecule has 0 radical (unpaired) electrons. The summed E-state index contributed by atoms with van der Waals surface area (Å²) in [5.41, 5.74) is 5.40. The summed E-state index contributed by atoms with van der Waals surface area (Å²) < 4.78 is 1.84. The minimum Gasteiger partial charge on any atom is -0.355 e. The van der Waals surface area contributed by atoms with E-state index in [4.69, 9.17) is 10.1 Å². The van der Waals surface area contributed by atoms with Crippen LogP contribution in [0.2, 0.25) is 0 Å². The van der Waals surface area contributed by atoms with E-state index < -0.39 is 0 Å². The van der Waals surface area contributed by atoms with Crippen LogP contribution in [-0.2, 0) is 0 Å². The van der Waals surface area contributed by atoms with Crippen molar-refractivity contribution in [2.75, 3.05) is 24.5 Å². The number of aryl methyl sites for hydroxylation is 1. The molecule has 0 aliphatic carbocycles. The Balaban J connectivity index is 1.33. The molecule has 2 aliphatic heterocycles. The Morgan fingerprint density at radius 3 is 2.63 bits per heavy atom. The highest BCUT2D eigenvalue weighted by Crippen LogP contribution is 2.35. The maximum atomic E-state index is 14.0. The molecule has 6 rings (SSSR count). The van der Waals surface area contributed by atoms with Crippen LogP contribution in [-0.4, -0.2) is 45.0 Å². The Hall–Kier alpha value is -4.18. The molecule has 0 unspecified atom stereocenters. The molecule has 2 aromatic carbocycles. The summed E-state index contributed by atoms with van der Waals surface area (Å²) in [6.45, 7) is 6.41. The first kappa shape index (κ1) is 24.2. The molecule has 1 amide bonds. The van der Waals surface area contributed by atoms with Crippen LogP contribution in [0.4, 0.5) is 5.82 Å². The first-order valence-electron chi connectivity index (χ1n) is 13.5. The van der Waals surface area contributed by atoms with Crippen molar-refractivity contribution in [2.24, 2.45) is 11.8 Å². The van der Waals surface area contributed by atoms with E-state index in [1.807, 2.05) is 83.2 Å². The van der Waals surface area contributed by atoms with Crippen LogP contribution >= 0.6 is 0 Å². The van der Waals surface area contributed by atoms with Crippen molar-refractivity contribution in [1.82, 2.24) is 19.5 Å². The lowest BCUT2D eigenvalue weighted by molar-refractivity contribution is 0.0606. The third-order valence-corrected chi connectivity index (χ3v) is 8.05. The summed E-state index contributed by atoms with van der Waals surface area (Å²) in [6, 6.07) is 22.3. The van der Waals surface area contributed by atoms with Gasteiger partial charge in [-0.25, -0.2) is 9.50 Å². The van der Waals surface area contributed by atoms with Crippen molar-refractivity contribution in [1.29, 1.82) is 5.26 Å². The molecule has 2 saturated heterocycles. The van der Waals surface area contributed by atoms with Crippen molar-refractivity contribution >= 4 is 17.4 Å². The number of anilines is 1. The second-order valence-electron chi connectivity index (χ2n) is 10.7. The molecule has 4 heterocycles. The second-order valence-corrected chi connectivity index (χ2v) is 10.7. The molecule has 3 atom stereocenters. The molecular formula is C31H32N6O. The molecule has 2 aliphatic rings. The molecule has 2 fully saturated rings. The number of nitrogens with zero attached hydrogens (tertiary/aromatic N) is 6. The zero-order valence-electron chi connectivity index (χ0n) is 21.9. The molecule has 0 bridgehead atoms. The summed E-state index contributed by atoms with van der Waals surface area (Å²) in [4.78, 5) is 23.2. The van der Waals surface area contributed by atoms with Gasteiger partial charge in [-0.2, -0.15) is 10.4 Å². The standard InChI is InChI=1S/C31H32N6O/c1-21-18-35(20-24(21)17-32)30-22(2)19-37-29(33-30)16-27(34-37)28-14-8-9-15-36(28)31(38)26-13-7-6-12-25(26)23-10-4-3-5-11-23/h3-7,10-13,16,19,21,24,28H,8-9,14-15,18,20H2,1-2H3/t21-,24+,28-/m0/s1. The fraction of sp³-hybridized carbons (Fsp3) is 0.355. The molecule has 7 nitrogen and oxygen atoms in total. The Kier molecular flexibility index (Phi) is 6.32. The highest BCUT2D eigenvalue weighted by molar-refractivity contribution is 6.01. The molecule has 7 heteroatoms. The first-order chi connectivity index (χ1) is 18.5. The monoisotopic (exact) mass is 504 g/mol. The maximum Gasteiger partial charge on any atom is 0.255 e. The smallest absolute Gasteiger partial charge is 0.255 e. The Bertz CT molecular complexity index is 1520. The number of fused-ring (bicyclic) bond motifs is 1. The van der Waals surface area contributed by atoms with Crippen LogP contribution < -0.4 is 4.90 Å². The van der Waals surface area contributed by atoms with Gasteiger partial charge in [-0.1, -0.05) is 55.5 Å². The highest BCUT2D eigenvalue weighted by atomic mass is 16.2. The third-order valence-electron chi connectivity index (χ3n) is 8.05. The molecule has 0 saturated carbocycles. The van der Waals surface area contributed by atoms with E-state index in [-0.39, 0.29) is 17.9 Å². The van der Waals surface area contributed by atoms with Crippen LogP contribution in [0.3, 0.4) is 0 Å². The first-order valence-corrected chi connectivity index (χ1v) is 13.5. The van der Waals surface area contributed by atoms with E-state index in [0.717, 1.165) is 65.2 Å². The van der Waals surface area contributed by atoms with E-state index >= 15 is 0 Å². The van der Waals surface area contributed by atoms with Gasteiger partial charge in [0.05, 0.1) is 23.7 Å². The molecule has 0 N–H and O–H groups in total. The van der Waals surface area contributed by atoms with E-state index in [1.54, 1.807) is 0 Å². The van der Waals surface area contributed by atoms with Gasteiger partial charge >= 0.3 is 0 Å². The zero-order chi connectivity index (χ0) is 26.2. The summed E-state index contributed by atoms with van der Waals surface area (Å²) in [7, 11) is 0. The van der Waals surface area contributed by atoms with Crippen molar-refractivity contribution in [3.63, 3.8) is 0 Å². The number of nitriles is 1. The normalized spacial score (nSPS) is 21.6. The Labute approximate surface area is 223 Å². The minimum absolute atomic E-state index is 0.0217. The van der Waals surface area contributed by atoms with Crippen LogP contribution in [0.1, 0.15) is 53.8 Å². The van der Waals surface area contributed by atoms with Crippen molar-refractivity contribution < 1.29 is 4.79 Å².